The van der Waals surface area contributed by atoms with Crippen molar-refractivity contribution in [2.24, 2.45) is 0 Å². The minimum absolute atomic E-state index is 0.140. The number of halogens is 2. The van der Waals surface area contributed by atoms with Gasteiger partial charge in [0, 0.05) is 22.0 Å². The second-order valence-corrected chi connectivity index (χ2v) is 14.3. The number of anilines is 1. The third-order valence-electron chi connectivity index (χ3n) is 8.02. The summed E-state index contributed by atoms with van der Waals surface area (Å²) >= 11 is 1.61. The van der Waals surface area contributed by atoms with Crippen molar-refractivity contribution in [1.82, 2.24) is 0 Å². The van der Waals surface area contributed by atoms with E-state index in [1.165, 1.54) is 75.5 Å². The van der Waals surface area contributed by atoms with Gasteiger partial charge in [0.2, 0.25) is 0 Å². The SMILES string of the molecule is CN(C)c1ccccc1[PH+](C1CCCCC1)C1CCCCC1.FSOc1ccc(Cc2c[c-]ccc2)cc1.[Cl][Au]. The minimum atomic E-state index is -0.439. The number of nitrogens with zero attached hydrogens (tertiary/aromatic N) is 1. The molecule has 7 heteroatoms. The Morgan fingerprint density at radius 1 is 0.850 bits per heavy atom. The summed E-state index contributed by atoms with van der Waals surface area (Å²) in [5.41, 5.74) is 5.94. The Labute approximate surface area is 263 Å². The topological polar surface area (TPSA) is 12.5 Å². The van der Waals surface area contributed by atoms with Crippen LogP contribution in [0.4, 0.5) is 9.57 Å². The molecule has 2 aliphatic rings. The molecule has 0 bridgehead atoms. The van der Waals surface area contributed by atoms with E-state index in [4.69, 9.17) is 0 Å². The van der Waals surface area contributed by atoms with Gasteiger partial charge >= 0.3 is 29.2 Å². The van der Waals surface area contributed by atoms with E-state index in [2.05, 4.69) is 68.8 Å². The van der Waals surface area contributed by atoms with Gasteiger partial charge in [0.05, 0.1) is 17.0 Å². The molecule has 0 amide bonds. The summed E-state index contributed by atoms with van der Waals surface area (Å²) in [6, 6.07) is 27.6. The number of hydrogen-bond donors (Lipinski definition) is 0. The van der Waals surface area contributed by atoms with Gasteiger partial charge in [0.25, 0.3) is 12.4 Å². The first-order chi connectivity index (χ1) is 19.7. The van der Waals surface area contributed by atoms with Gasteiger partial charge in [-0.25, -0.2) is 0 Å². The van der Waals surface area contributed by atoms with Crippen LogP contribution in [0.3, 0.4) is 0 Å². The fraction of sp³-hybridized carbons (Fsp3) is 0.455. The first-order valence-electron chi connectivity index (χ1n) is 14.4. The van der Waals surface area contributed by atoms with Crippen molar-refractivity contribution in [3.63, 3.8) is 0 Å². The van der Waals surface area contributed by atoms with Crippen LogP contribution >= 0.6 is 29.5 Å². The summed E-state index contributed by atoms with van der Waals surface area (Å²) in [5.74, 6) is 0.524. The van der Waals surface area contributed by atoms with E-state index in [1.807, 2.05) is 30.3 Å². The molecule has 0 aromatic heterocycles. The van der Waals surface area contributed by atoms with E-state index >= 15 is 0 Å². The zero-order valence-electron chi connectivity index (χ0n) is 23.7. The van der Waals surface area contributed by atoms with Crippen molar-refractivity contribution >= 4 is 40.5 Å². The zero-order valence-corrected chi connectivity index (χ0v) is 28.4. The molecule has 222 valence electrons. The first kappa shape index (κ1) is 33.5. The summed E-state index contributed by atoms with van der Waals surface area (Å²) in [7, 11) is 8.59. The molecule has 5 rings (SSSR count). The third-order valence-corrected chi connectivity index (χ3v) is 12.2. The molecule has 3 aromatic rings. The van der Waals surface area contributed by atoms with Crippen LogP contribution in [0, 0.1) is 6.07 Å². The van der Waals surface area contributed by atoms with Crippen molar-refractivity contribution in [2.45, 2.75) is 81.9 Å². The predicted molar refractivity (Wildman–Crippen MR) is 172 cm³/mol. The van der Waals surface area contributed by atoms with Gasteiger partial charge in [-0.3, -0.25) is 0 Å². The maximum atomic E-state index is 11.8. The maximum absolute atomic E-state index is 11.8. The normalized spacial score (nSPS) is 15.9. The second-order valence-electron chi connectivity index (χ2n) is 10.9. The molecule has 2 fully saturated rings. The summed E-state index contributed by atoms with van der Waals surface area (Å²) in [5, 5.41) is 1.75. The Balaban J connectivity index is 0.000000217. The fourth-order valence-corrected chi connectivity index (χ4v) is 10.9. The molecule has 2 aliphatic carbocycles. The van der Waals surface area contributed by atoms with Crippen molar-refractivity contribution in [1.29, 1.82) is 0 Å². The van der Waals surface area contributed by atoms with Gasteiger partial charge in [-0.15, -0.1) is 3.89 Å². The summed E-state index contributed by atoms with van der Waals surface area (Å²) < 4.78 is 16.5. The standard InChI is InChI=1S/C20H32NP.C13H10FOS.Au.ClH/c1-21(2)19-15-9-10-16-20(19)22(17-11-5-3-6-12-17)18-13-7-4-8-14-18;14-16-15-13-8-6-12(7-9-13)10-11-4-2-1-3-5-11;;/h9-10,15-18H,3-8,11-14H2,1-2H3;1-2,4-9H,10H2;;1H/q;-1;+1;. The third kappa shape index (κ3) is 10.7. The van der Waals surface area contributed by atoms with Crippen molar-refractivity contribution in [3.8, 4) is 5.75 Å². The average molecular weight is 784 g/mol. The van der Waals surface area contributed by atoms with Crippen molar-refractivity contribution < 1.29 is 28.1 Å². The van der Waals surface area contributed by atoms with Gasteiger partial charge in [-0.1, -0.05) is 42.7 Å². The molecule has 0 radical (unpaired) electrons. The summed E-state index contributed by atoms with van der Waals surface area (Å²) in [4.78, 5) is 2.35. The van der Waals surface area contributed by atoms with Crippen LogP contribution in [0.25, 0.3) is 0 Å². The van der Waals surface area contributed by atoms with Gasteiger partial charge in [-0.05, 0) is 82.1 Å². The van der Waals surface area contributed by atoms with Crippen LogP contribution in [0.2, 0.25) is 0 Å². The molecule has 2 nitrogen and oxygen atoms in total. The summed E-state index contributed by atoms with van der Waals surface area (Å²) in [6.45, 7) is 0. The number of rotatable bonds is 8. The molecular weight excluding hydrogens is 741 g/mol. The average Bonchev–Trinajstić information content (AvgIpc) is 3.02. The molecule has 0 N–H and O–H groups in total. The van der Waals surface area contributed by atoms with Gasteiger partial charge < -0.3 is 9.08 Å². The number of benzene rings is 3. The molecule has 0 heterocycles. The van der Waals surface area contributed by atoms with E-state index in [9.17, 15) is 3.89 Å². The molecule has 3 aromatic carbocycles. The quantitative estimate of drug-likeness (QED) is 0.0978. The summed E-state index contributed by atoms with van der Waals surface area (Å²) in [6.07, 6.45) is 15.8. The number of hydrogen-bond acceptors (Lipinski definition) is 3. The van der Waals surface area contributed by atoms with Crippen LogP contribution < -0.4 is 14.4 Å². The van der Waals surface area contributed by atoms with E-state index in [0.29, 0.717) is 5.75 Å². The van der Waals surface area contributed by atoms with Crippen LogP contribution in [-0.2, 0) is 26.4 Å². The van der Waals surface area contributed by atoms with E-state index in [-0.39, 0.29) is 12.4 Å². The van der Waals surface area contributed by atoms with E-state index < -0.39 is 7.92 Å². The predicted octanol–water partition coefficient (Wildman–Crippen LogP) is 9.93. The van der Waals surface area contributed by atoms with Crippen molar-refractivity contribution in [2.75, 3.05) is 19.0 Å². The van der Waals surface area contributed by atoms with Gasteiger partial charge in [0.1, 0.15) is 11.1 Å². The fourth-order valence-electron chi connectivity index (χ4n) is 6.18. The van der Waals surface area contributed by atoms with Crippen LogP contribution in [0.1, 0.15) is 75.3 Å². The van der Waals surface area contributed by atoms with Crippen LogP contribution in [0.15, 0.2) is 72.8 Å². The van der Waals surface area contributed by atoms with Crippen molar-refractivity contribution in [3.05, 3.63) is 90.0 Å². The monoisotopic (exact) mass is 783 g/mol. The second kappa shape index (κ2) is 19.2. The molecule has 0 saturated heterocycles. The first-order valence-corrected chi connectivity index (χ1v) is 19.4. The van der Waals surface area contributed by atoms with E-state index in [0.717, 1.165) is 23.3 Å². The Bertz CT molecular complexity index is 1060. The molecule has 0 aliphatic heterocycles. The molecular formula is C33H43AuClFNOPS. The molecule has 40 heavy (non-hydrogen) atoms. The van der Waals surface area contributed by atoms with Gasteiger partial charge in [-0.2, -0.15) is 35.9 Å². The zero-order chi connectivity index (χ0) is 28.6. The Morgan fingerprint density at radius 2 is 1.45 bits per heavy atom. The molecule has 0 unspecified atom stereocenters. The van der Waals surface area contributed by atoms with E-state index in [1.54, 1.807) is 37.4 Å². The Morgan fingerprint density at radius 3 is 1.98 bits per heavy atom. The van der Waals surface area contributed by atoms with Crippen LogP contribution in [0.5, 0.6) is 5.75 Å². The number of para-hydroxylation sites is 1. The Kier molecular flexibility index (Phi) is 16.1. The molecule has 2 saturated carbocycles. The Hall–Kier alpha value is -1.000. The molecule has 0 atom stereocenters. The van der Waals surface area contributed by atoms with Gasteiger partial charge in [0.15, 0.2) is 0 Å². The molecule has 0 spiro atoms. The van der Waals surface area contributed by atoms with Crippen LogP contribution in [-0.4, -0.2) is 25.4 Å².